The second-order valence-electron chi connectivity index (χ2n) is 6.12. The molecule has 0 spiro atoms. The SMILES string of the molecule is Cc1nccc(C(=O)Nc2ccc(N3CCCCC3)cc2)c1C. The van der Waals surface area contributed by atoms with Crippen molar-refractivity contribution in [2.45, 2.75) is 33.1 Å². The van der Waals surface area contributed by atoms with Crippen LogP contribution in [0.2, 0.25) is 0 Å². The van der Waals surface area contributed by atoms with Gasteiger partial charge in [0.05, 0.1) is 0 Å². The molecule has 1 aliphatic rings. The number of nitrogens with zero attached hydrogens (tertiary/aromatic N) is 2. The van der Waals surface area contributed by atoms with E-state index < -0.39 is 0 Å². The van der Waals surface area contributed by atoms with Crippen LogP contribution in [0, 0.1) is 13.8 Å². The molecule has 4 nitrogen and oxygen atoms in total. The van der Waals surface area contributed by atoms with E-state index in [0.717, 1.165) is 30.0 Å². The second-order valence-corrected chi connectivity index (χ2v) is 6.12. The third kappa shape index (κ3) is 3.52. The van der Waals surface area contributed by atoms with E-state index in [0.29, 0.717) is 5.56 Å². The molecule has 0 aliphatic carbocycles. The Balaban J connectivity index is 1.70. The summed E-state index contributed by atoms with van der Waals surface area (Å²) < 4.78 is 0. The number of carbonyl (C=O) groups excluding carboxylic acids is 1. The van der Waals surface area contributed by atoms with Crippen LogP contribution in [0.4, 0.5) is 11.4 Å². The minimum Gasteiger partial charge on any atom is -0.372 e. The van der Waals surface area contributed by atoms with E-state index in [1.165, 1.54) is 24.9 Å². The summed E-state index contributed by atoms with van der Waals surface area (Å²) in [6.07, 6.45) is 5.53. The first-order valence-corrected chi connectivity index (χ1v) is 8.24. The number of benzene rings is 1. The van der Waals surface area contributed by atoms with Gasteiger partial charge in [-0.15, -0.1) is 0 Å². The Morgan fingerprint density at radius 3 is 2.43 bits per heavy atom. The highest BCUT2D eigenvalue weighted by molar-refractivity contribution is 6.05. The maximum atomic E-state index is 12.4. The first kappa shape index (κ1) is 15.5. The van der Waals surface area contributed by atoms with Crippen molar-refractivity contribution in [2.24, 2.45) is 0 Å². The zero-order chi connectivity index (χ0) is 16.2. The van der Waals surface area contributed by atoms with Crippen LogP contribution in [0.1, 0.15) is 40.9 Å². The number of pyridine rings is 1. The summed E-state index contributed by atoms with van der Waals surface area (Å²) in [5.74, 6) is -0.0845. The van der Waals surface area contributed by atoms with Crippen molar-refractivity contribution in [3.63, 3.8) is 0 Å². The number of rotatable bonds is 3. The van der Waals surface area contributed by atoms with Crippen molar-refractivity contribution in [2.75, 3.05) is 23.3 Å². The van der Waals surface area contributed by atoms with Crippen molar-refractivity contribution in [1.29, 1.82) is 0 Å². The summed E-state index contributed by atoms with van der Waals surface area (Å²) >= 11 is 0. The molecule has 0 saturated carbocycles. The third-order valence-electron chi connectivity index (χ3n) is 4.55. The van der Waals surface area contributed by atoms with Crippen LogP contribution < -0.4 is 10.2 Å². The fourth-order valence-corrected chi connectivity index (χ4v) is 2.99. The number of anilines is 2. The van der Waals surface area contributed by atoms with Crippen molar-refractivity contribution >= 4 is 17.3 Å². The van der Waals surface area contributed by atoms with Crippen LogP contribution in [0.5, 0.6) is 0 Å². The Bertz CT molecular complexity index is 688. The summed E-state index contributed by atoms with van der Waals surface area (Å²) in [5, 5.41) is 2.97. The van der Waals surface area contributed by atoms with Gasteiger partial charge in [0.2, 0.25) is 0 Å². The van der Waals surface area contributed by atoms with Crippen LogP contribution in [0.3, 0.4) is 0 Å². The molecule has 0 bridgehead atoms. The zero-order valence-corrected chi connectivity index (χ0v) is 13.8. The molecule has 4 heteroatoms. The van der Waals surface area contributed by atoms with Gasteiger partial charge in [-0.3, -0.25) is 9.78 Å². The van der Waals surface area contributed by atoms with Gasteiger partial charge in [-0.05, 0) is 69.0 Å². The molecule has 0 radical (unpaired) electrons. The summed E-state index contributed by atoms with van der Waals surface area (Å²) in [7, 11) is 0. The van der Waals surface area contributed by atoms with E-state index in [1.807, 2.05) is 26.0 Å². The highest BCUT2D eigenvalue weighted by Crippen LogP contribution is 2.22. The number of piperidine rings is 1. The standard InChI is InChI=1S/C19H23N3O/c1-14-15(2)20-11-10-18(14)19(23)21-16-6-8-17(9-7-16)22-12-4-3-5-13-22/h6-11H,3-5,12-13H2,1-2H3,(H,21,23). The van der Waals surface area contributed by atoms with Gasteiger partial charge in [0.1, 0.15) is 0 Å². The fraction of sp³-hybridized carbons (Fsp3) is 0.368. The molecule has 1 aromatic carbocycles. The average molecular weight is 309 g/mol. The monoisotopic (exact) mass is 309 g/mol. The van der Waals surface area contributed by atoms with Crippen molar-refractivity contribution < 1.29 is 4.79 Å². The molecule has 1 saturated heterocycles. The molecule has 2 aromatic rings. The Morgan fingerprint density at radius 2 is 1.74 bits per heavy atom. The normalized spacial score (nSPS) is 14.6. The first-order chi connectivity index (χ1) is 11.1. The number of carbonyl (C=O) groups is 1. The minimum atomic E-state index is -0.0845. The quantitative estimate of drug-likeness (QED) is 0.934. The topological polar surface area (TPSA) is 45.2 Å². The first-order valence-electron chi connectivity index (χ1n) is 8.24. The van der Waals surface area contributed by atoms with Gasteiger partial charge in [-0.2, -0.15) is 0 Å². The maximum Gasteiger partial charge on any atom is 0.256 e. The summed E-state index contributed by atoms with van der Waals surface area (Å²) in [6, 6.07) is 9.90. The predicted molar refractivity (Wildman–Crippen MR) is 94.2 cm³/mol. The summed E-state index contributed by atoms with van der Waals surface area (Å²) in [6.45, 7) is 6.10. The number of amides is 1. The largest absolute Gasteiger partial charge is 0.372 e. The van der Waals surface area contributed by atoms with Crippen LogP contribution in [0.25, 0.3) is 0 Å². The highest BCUT2D eigenvalue weighted by atomic mass is 16.1. The molecule has 3 rings (SSSR count). The smallest absolute Gasteiger partial charge is 0.256 e. The molecule has 1 N–H and O–H groups in total. The van der Waals surface area contributed by atoms with Crippen LogP contribution in [0.15, 0.2) is 36.5 Å². The van der Waals surface area contributed by atoms with Crippen molar-refractivity contribution in [3.05, 3.63) is 53.3 Å². The predicted octanol–water partition coefficient (Wildman–Crippen LogP) is 3.94. The molecular weight excluding hydrogens is 286 g/mol. The van der Waals surface area contributed by atoms with Gasteiger partial charge < -0.3 is 10.2 Å². The third-order valence-corrected chi connectivity index (χ3v) is 4.55. The Hall–Kier alpha value is -2.36. The Labute approximate surface area is 137 Å². The minimum absolute atomic E-state index is 0.0845. The molecular formula is C19H23N3O. The molecule has 0 unspecified atom stereocenters. The molecule has 2 heterocycles. The van der Waals surface area contributed by atoms with Crippen molar-refractivity contribution in [1.82, 2.24) is 4.98 Å². The maximum absolute atomic E-state index is 12.4. The van der Waals surface area contributed by atoms with E-state index >= 15 is 0 Å². The van der Waals surface area contributed by atoms with Crippen molar-refractivity contribution in [3.8, 4) is 0 Å². The lowest BCUT2D eigenvalue weighted by molar-refractivity contribution is 0.102. The summed E-state index contributed by atoms with van der Waals surface area (Å²) in [5.41, 5.74) is 4.55. The number of hydrogen-bond donors (Lipinski definition) is 1. The fourth-order valence-electron chi connectivity index (χ4n) is 2.99. The molecule has 1 amide bonds. The van der Waals surface area contributed by atoms with Crippen LogP contribution in [-0.4, -0.2) is 24.0 Å². The van der Waals surface area contributed by atoms with E-state index in [1.54, 1.807) is 12.3 Å². The Morgan fingerprint density at radius 1 is 1.04 bits per heavy atom. The number of nitrogens with one attached hydrogen (secondary N) is 1. The average Bonchev–Trinajstić information content (AvgIpc) is 2.59. The lowest BCUT2D eigenvalue weighted by Crippen LogP contribution is -2.29. The van der Waals surface area contributed by atoms with E-state index in [2.05, 4.69) is 27.3 Å². The van der Waals surface area contributed by atoms with Crippen LogP contribution in [-0.2, 0) is 0 Å². The van der Waals surface area contributed by atoms with E-state index in [4.69, 9.17) is 0 Å². The second kappa shape index (κ2) is 6.82. The molecule has 0 atom stereocenters. The number of aromatic nitrogens is 1. The lowest BCUT2D eigenvalue weighted by atomic mass is 10.1. The van der Waals surface area contributed by atoms with Gasteiger partial charge in [0, 0.05) is 41.9 Å². The molecule has 1 aliphatic heterocycles. The molecule has 23 heavy (non-hydrogen) atoms. The number of aryl methyl sites for hydroxylation is 1. The van der Waals surface area contributed by atoms with Gasteiger partial charge in [0.15, 0.2) is 0 Å². The van der Waals surface area contributed by atoms with Gasteiger partial charge >= 0.3 is 0 Å². The molecule has 1 fully saturated rings. The van der Waals surface area contributed by atoms with E-state index in [9.17, 15) is 4.79 Å². The Kier molecular flexibility index (Phi) is 4.60. The number of hydrogen-bond acceptors (Lipinski definition) is 3. The summed E-state index contributed by atoms with van der Waals surface area (Å²) in [4.78, 5) is 19.0. The van der Waals surface area contributed by atoms with Gasteiger partial charge in [-0.1, -0.05) is 0 Å². The van der Waals surface area contributed by atoms with E-state index in [-0.39, 0.29) is 5.91 Å². The van der Waals surface area contributed by atoms with Gasteiger partial charge in [0.25, 0.3) is 5.91 Å². The highest BCUT2D eigenvalue weighted by Gasteiger charge is 2.13. The van der Waals surface area contributed by atoms with Crippen LogP contribution >= 0.6 is 0 Å². The molecule has 120 valence electrons. The van der Waals surface area contributed by atoms with Gasteiger partial charge in [-0.25, -0.2) is 0 Å². The zero-order valence-electron chi connectivity index (χ0n) is 13.8. The molecule has 1 aromatic heterocycles. The lowest BCUT2D eigenvalue weighted by Gasteiger charge is -2.28.